The highest BCUT2D eigenvalue weighted by Crippen LogP contribution is 2.29. The molecule has 0 saturated carbocycles. The Balaban J connectivity index is 2.28. The molecule has 2 nitrogen and oxygen atoms in total. The van der Waals surface area contributed by atoms with E-state index in [4.69, 9.17) is 17.3 Å². The van der Waals surface area contributed by atoms with E-state index in [9.17, 15) is 8.78 Å². The summed E-state index contributed by atoms with van der Waals surface area (Å²) in [6.45, 7) is 0. The van der Waals surface area contributed by atoms with Gasteiger partial charge < -0.3 is 5.73 Å². The monoisotopic (exact) mass is 346 g/mol. The average molecular weight is 348 g/mol. The second-order valence-electron chi connectivity index (χ2n) is 4.04. The van der Waals surface area contributed by atoms with Crippen molar-refractivity contribution >= 4 is 27.5 Å². The minimum absolute atomic E-state index is 0.0465. The molecule has 0 aliphatic heterocycles. The molecule has 2 N–H and O–H groups in total. The third-order valence-electron chi connectivity index (χ3n) is 2.76. The minimum Gasteiger partial charge on any atom is -0.324 e. The van der Waals surface area contributed by atoms with E-state index < -0.39 is 17.7 Å². The molecule has 6 heteroatoms. The Bertz CT molecular complexity index is 607. The van der Waals surface area contributed by atoms with Gasteiger partial charge in [-0.2, -0.15) is 0 Å². The third-order valence-corrected chi connectivity index (χ3v) is 3.91. The van der Waals surface area contributed by atoms with Crippen molar-refractivity contribution in [3.63, 3.8) is 0 Å². The predicted molar refractivity (Wildman–Crippen MR) is 73.9 cm³/mol. The highest BCUT2D eigenvalue weighted by atomic mass is 79.9. The van der Waals surface area contributed by atoms with Crippen LogP contribution in [0.15, 0.2) is 35.1 Å². The van der Waals surface area contributed by atoms with Gasteiger partial charge >= 0.3 is 0 Å². The molecule has 0 saturated heterocycles. The average Bonchev–Trinajstić information content (AvgIpc) is 2.39. The summed E-state index contributed by atoms with van der Waals surface area (Å²) in [5.74, 6) is -1.85. The SMILES string of the molecule is NC(Cc1ccncc1Cl)c1ccc(F)c(F)c1Br. The number of hydrogen-bond acceptors (Lipinski definition) is 2. The van der Waals surface area contributed by atoms with E-state index in [1.807, 2.05) is 0 Å². The number of rotatable bonds is 3. The summed E-state index contributed by atoms with van der Waals surface area (Å²) in [5, 5.41) is 0.497. The lowest BCUT2D eigenvalue weighted by Gasteiger charge is -2.15. The van der Waals surface area contributed by atoms with Crippen molar-refractivity contribution in [1.29, 1.82) is 0 Å². The van der Waals surface area contributed by atoms with E-state index in [0.29, 0.717) is 17.0 Å². The molecule has 0 amide bonds. The molecule has 1 aromatic heterocycles. The van der Waals surface area contributed by atoms with Crippen LogP contribution in [0.5, 0.6) is 0 Å². The van der Waals surface area contributed by atoms with Crippen LogP contribution < -0.4 is 5.73 Å². The van der Waals surface area contributed by atoms with Crippen molar-refractivity contribution in [3.8, 4) is 0 Å². The number of benzene rings is 1. The fourth-order valence-corrected chi connectivity index (χ4v) is 2.56. The molecule has 19 heavy (non-hydrogen) atoms. The molecule has 1 aromatic carbocycles. The maximum absolute atomic E-state index is 13.5. The molecule has 0 aliphatic carbocycles. The molecule has 0 aliphatic rings. The van der Waals surface area contributed by atoms with Crippen molar-refractivity contribution in [1.82, 2.24) is 4.98 Å². The number of nitrogens with two attached hydrogens (primary N) is 1. The van der Waals surface area contributed by atoms with E-state index in [1.165, 1.54) is 12.3 Å². The maximum atomic E-state index is 13.5. The highest BCUT2D eigenvalue weighted by molar-refractivity contribution is 9.10. The van der Waals surface area contributed by atoms with Crippen LogP contribution in [0.3, 0.4) is 0 Å². The van der Waals surface area contributed by atoms with Gasteiger partial charge in [0.05, 0.1) is 9.50 Å². The topological polar surface area (TPSA) is 38.9 Å². The summed E-state index contributed by atoms with van der Waals surface area (Å²) < 4.78 is 26.5. The summed E-state index contributed by atoms with van der Waals surface area (Å²) in [4.78, 5) is 3.88. The Morgan fingerprint density at radius 2 is 2.05 bits per heavy atom. The van der Waals surface area contributed by atoms with E-state index in [1.54, 1.807) is 12.3 Å². The van der Waals surface area contributed by atoms with Gasteiger partial charge in [-0.1, -0.05) is 17.7 Å². The predicted octanol–water partition coefficient (Wildman–Crippen LogP) is 4.02. The lowest BCUT2D eigenvalue weighted by Crippen LogP contribution is -2.15. The highest BCUT2D eigenvalue weighted by Gasteiger charge is 2.17. The maximum Gasteiger partial charge on any atom is 0.173 e. The van der Waals surface area contributed by atoms with E-state index in [-0.39, 0.29) is 4.47 Å². The molecule has 1 heterocycles. The Kier molecular flexibility index (Phi) is 4.50. The van der Waals surface area contributed by atoms with Crippen LogP contribution in [0, 0.1) is 11.6 Å². The molecule has 0 spiro atoms. The van der Waals surface area contributed by atoms with Gasteiger partial charge in [0.2, 0.25) is 0 Å². The fraction of sp³-hybridized carbons (Fsp3) is 0.154. The number of hydrogen-bond donors (Lipinski definition) is 1. The van der Waals surface area contributed by atoms with Crippen LogP contribution in [-0.2, 0) is 6.42 Å². The van der Waals surface area contributed by atoms with Crippen molar-refractivity contribution in [2.75, 3.05) is 0 Å². The largest absolute Gasteiger partial charge is 0.324 e. The van der Waals surface area contributed by atoms with Crippen LogP contribution >= 0.6 is 27.5 Å². The first-order chi connectivity index (χ1) is 9.00. The van der Waals surface area contributed by atoms with Crippen LogP contribution in [0.2, 0.25) is 5.02 Å². The molecular formula is C13H10BrClF2N2. The van der Waals surface area contributed by atoms with E-state index >= 15 is 0 Å². The van der Waals surface area contributed by atoms with Crippen LogP contribution in [-0.4, -0.2) is 4.98 Å². The van der Waals surface area contributed by atoms with Gasteiger partial charge in [0, 0.05) is 18.4 Å². The summed E-state index contributed by atoms with van der Waals surface area (Å²) in [6.07, 6.45) is 3.53. The smallest absolute Gasteiger partial charge is 0.173 e. The first-order valence-electron chi connectivity index (χ1n) is 5.48. The number of aromatic nitrogens is 1. The van der Waals surface area contributed by atoms with Crippen LogP contribution in [0.4, 0.5) is 8.78 Å². The van der Waals surface area contributed by atoms with Crippen LogP contribution in [0.25, 0.3) is 0 Å². The van der Waals surface area contributed by atoms with Gasteiger partial charge in [0.15, 0.2) is 11.6 Å². The summed E-state index contributed by atoms with van der Waals surface area (Å²) in [5.41, 5.74) is 7.32. The van der Waals surface area contributed by atoms with E-state index in [2.05, 4.69) is 20.9 Å². The van der Waals surface area contributed by atoms with Gasteiger partial charge in [-0.3, -0.25) is 4.98 Å². The Morgan fingerprint density at radius 1 is 1.32 bits per heavy atom. The Morgan fingerprint density at radius 3 is 2.74 bits per heavy atom. The first-order valence-corrected chi connectivity index (χ1v) is 6.65. The van der Waals surface area contributed by atoms with Gasteiger partial charge in [-0.25, -0.2) is 8.78 Å². The summed E-state index contributed by atoms with van der Waals surface area (Å²) >= 11 is 9.01. The van der Waals surface area contributed by atoms with Crippen molar-refractivity contribution < 1.29 is 8.78 Å². The van der Waals surface area contributed by atoms with Gasteiger partial charge in [0.1, 0.15) is 0 Å². The lowest BCUT2D eigenvalue weighted by atomic mass is 10.00. The van der Waals surface area contributed by atoms with Crippen molar-refractivity contribution in [2.24, 2.45) is 5.73 Å². The molecular weight excluding hydrogens is 338 g/mol. The molecule has 2 aromatic rings. The van der Waals surface area contributed by atoms with Crippen molar-refractivity contribution in [2.45, 2.75) is 12.5 Å². The standard InChI is InChI=1S/C13H10BrClF2N2/c14-12-8(1-2-10(16)13(12)17)11(18)5-7-3-4-19-6-9(7)15/h1-4,6,11H,5,18H2. The summed E-state index contributed by atoms with van der Waals surface area (Å²) in [6, 6.07) is 3.77. The third kappa shape index (κ3) is 3.11. The lowest BCUT2D eigenvalue weighted by molar-refractivity contribution is 0.500. The molecule has 100 valence electrons. The van der Waals surface area contributed by atoms with Gasteiger partial charge in [0.25, 0.3) is 0 Å². The number of halogens is 4. The van der Waals surface area contributed by atoms with Gasteiger partial charge in [-0.15, -0.1) is 0 Å². The second kappa shape index (κ2) is 5.94. The number of nitrogens with zero attached hydrogens (tertiary/aromatic N) is 1. The first kappa shape index (κ1) is 14.4. The van der Waals surface area contributed by atoms with E-state index in [0.717, 1.165) is 11.6 Å². The zero-order valence-electron chi connectivity index (χ0n) is 9.71. The zero-order valence-corrected chi connectivity index (χ0v) is 12.0. The molecule has 1 atom stereocenters. The molecule has 0 radical (unpaired) electrons. The Labute approximate surface area is 122 Å². The molecule has 0 fully saturated rings. The normalized spacial score (nSPS) is 12.5. The molecule has 2 rings (SSSR count). The van der Waals surface area contributed by atoms with Gasteiger partial charge in [-0.05, 0) is 45.6 Å². The Hall–Kier alpha value is -1.04. The van der Waals surface area contributed by atoms with Crippen LogP contribution in [0.1, 0.15) is 17.2 Å². The molecule has 0 bridgehead atoms. The molecule has 1 unspecified atom stereocenters. The minimum atomic E-state index is -0.936. The fourth-order valence-electron chi connectivity index (χ4n) is 1.74. The summed E-state index contributed by atoms with van der Waals surface area (Å²) in [7, 11) is 0. The van der Waals surface area contributed by atoms with Crippen molar-refractivity contribution in [3.05, 3.63) is 62.8 Å². The quantitative estimate of drug-likeness (QED) is 0.852. The second-order valence-corrected chi connectivity index (χ2v) is 5.24. The number of pyridine rings is 1. The zero-order chi connectivity index (χ0) is 14.0.